The van der Waals surface area contributed by atoms with Crippen LogP contribution in [0.4, 0.5) is 5.69 Å². The molecule has 0 aliphatic heterocycles. The molecule has 0 amide bonds. The van der Waals surface area contributed by atoms with Crippen LogP contribution in [0.15, 0.2) is 17.6 Å². The number of fused-ring (bicyclic) bond motifs is 1. The molecule has 0 unspecified atom stereocenters. The maximum Gasteiger partial charge on any atom is 0.103 e. The van der Waals surface area contributed by atoms with Crippen molar-refractivity contribution in [3.05, 3.63) is 17.6 Å². The van der Waals surface area contributed by atoms with E-state index in [-0.39, 0.29) is 0 Å². The highest BCUT2D eigenvalue weighted by Crippen LogP contribution is 2.28. The molecule has 0 radical (unpaired) electrons. The molecular formula is C10H15N3S. The molecule has 2 aromatic rings. The van der Waals surface area contributed by atoms with Crippen molar-refractivity contribution in [3.8, 4) is 0 Å². The number of nitrogen functional groups attached to an aromatic ring is 1. The summed E-state index contributed by atoms with van der Waals surface area (Å²) in [7, 11) is 0. The second-order valence-electron chi connectivity index (χ2n) is 3.20. The van der Waals surface area contributed by atoms with Gasteiger partial charge >= 0.3 is 0 Å². The fourth-order valence-corrected chi connectivity index (χ4v) is 2.55. The van der Waals surface area contributed by atoms with Crippen molar-refractivity contribution in [3.63, 3.8) is 0 Å². The van der Waals surface area contributed by atoms with Gasteiger partial charge in [0.1, 0.15) is 5.52 Å². The molecule has 76 valence electrons. The number of thiophene rings is 1. The molecule has 0 bridgehead atoms. The van der Waals surface area contributed by atoms with Gasteiger partial charge in [-0.2, -0.15) is 0 Å². The summed E-state index contributed by atoms with van der Waals surface area (Å²) in [6.45, 7) is 6.29. The van der Waals surface area contributed by atoms with Crippen LogP contribution in [0.5, 0.6) is 0 Å². The van der Waals surface area contributed by atoms with E-state index >= 15 is 0 Å². The predicted octanol–water partition coefficient (Wildman–Crippen LogP) is 2.26. The van der Waals surface area contributed by atoms with E-state index in [1.165, 1.54) is 4.70 Å². The summed E-state index contributed by atoms with van der Waals surface area (Å²) in [4.78, 5) is 0. The van der Waals surface area contributed by atoms with Gasteiger partial charge in [0.05, 0.1) is 10.4 Å². The van der Waals surface area contributed by atoms with Crippen molar-refractivity contribution in [1.29, 1.82) is 0 Å². The summed E-state index contributed by atoms with van der Waals surface area (Å²) in [6, 6.07) is 2.12. The Morgan fingerprint density at radius 2 is 2.14 bits per heavy atom. The van der Waals surface area contributed by atoms with Crippen LogP contribution in [0.25, 0.3) is 10.2 Å². The summed E-state index contributed by atoms with van der Waals surface area (Å²) in [6.07, 6.45) is 2.09. The second-order valence-corrected chi connectivity index (χ2v) is 4.11. The molecule has 0 saturated heterocycles. The molecule has 0 spiro atoms. The largest absolute Gasteiger partial charge is 0.396 e. The summed E-state index contributed by atoms with van der Waals surface area (Å²) >= 11 is 1.70. The van der Waals surface area contributed by atoms with Crippen molar-refractivity contribution in [1.82, 2.24) is 4.68 Å². The van der Waals surface area contributed by atoms with E-state index < -0.39 is 0 Å². The van der Waals surface area contributed by atoms with Crippen LogP contribution in [0.2, 0.25) is 0 Å². The minimum Gasteiger partial charge on any atom is -0.396 e. The van der Waals surface area contributed by atoms with E-state index in [0.29, 0.717) is 0 Å². The van der Waals surface area contributed by atoms with E-state index in [1.54, 1.807) is 11.3 Å². The minimum atomic E-state index is 0.877. The van der Waals surface area contributed by atoms with Crippen molar-refractivity contribution < 1.29 is 0 Å². The monoisotopic (exact) mass is 209 g/mol. The molecule has 2 heterocycles. The molecule has 0 fully saturated rings. The average Bonchev–Trinajstić information content (AvgIpc) is 2.74. The third kappa shape index (κ3) is 1.26. The molecule has 0 aliphatic rings. The maximum absolute atomic E-state index is 5.93. The first kappa shape index (κ1) is 9.40. The first-order valence-corrected chi connectivity index (χ1v) is 5.75. The zero-order chi connectivity index (χ0) is 10.1. The predicted molar refractivity (Wildman–Crippen MR) is 63.5 cm³/mol. The van der Waals surface area contributed by atoms with Gasteiger partial charge in [-0.25, -0.2) is 0 Å². The van der Waals surface area contributed by atoms with E-state index in [1.807, 2.05) is 5.38 Å². The Balaban J connectivity index is 2.55. The van der Waals surface area contributed by atoms with E-state index in [0.717, 1.165) is 24.3 Å². The quantitative estimate of drug-likeness (QED) is 0.841. The lowest BCUT2D eigenvalue weighted by atomic mass is 10.4. The second kappa shape index (κ2) is 3.53. The summed E-state index contributed by atoms with van der Waals surface area (Å²) in [5.74, 6) is 0. The van der Waals surface area contributed by atoms with E-state index in [2.05, 4.69) is 35.8 Å². The van der Waals surface area contributed by atoms with Crippen LogP contribution < -0.4 is 10.7 Å². The molecule has 2 rings (SSSR count). The van der Waals surface area contributed by atoms with Crippen LogP contribution in [0.1, 0.15) is 13.8 Å². The molecule has 2 N–H and O–H groups in total. The van der Waals surface area contributed by atoms with Gasteiger partial charge in [0.15, 0.2) is 0 Å². The Labute approximate surface area is 87.7 Å². The third-order valence-electron chi connectivity index (χ3n) is 2.45. The topological polar surface area (TPSA) is 34.2 Å². The smallest absolute Gasteiger partial charge is 0.103 e. The van der Waals surface area contributed by atoms with Crippen LogP contribution in [-0.4, -0.2) is 17.8 Å². The highest BCUT2D eigenvalue weighted by Gasteiger charge is 2.09. The zero-order valence-electron chi connectivity index (χ0n) is 8.53. The fourth-order valence-electron chi connectivity index (χ4n) is 1.72. The van der Waals surface area contributed by atoms with Crippen LogP contribution >= 0.6 is 11.3 Å². The summed E-state index contributed by atoms with van der Waals surface area (Å²) in [5.41, 5.74) is 7.96. The van der Waals surface area contributed by atoms with E-state index in [4.69, 9.17) is 5.73 Å². The zero-order valence-corrected chi connectivity index (χ0v) is 9.34. The standard InChI is InChI=1S/C10H15N3S/c1-3-12(4-2)13-6-5-9-10(13)8(11)7-14-9/h5-7H,3-4,11H2,1-2H3. The number of nitrogens with two attached hydrogens (primary N) is 1. The molecule has 0 aromatic carbocycles. The normalized spacial score (nSPS) is 11.0. The van der Waals surface area contributed by atoms with Crippen LogP contribution in [0, 0.1) is 0 Å². The minimum absolute atomic E-state index is 0.877. The third-order valence-corrected chi connectivity index (χ3v) is 3.41. The van der Waals surface area contributed by atoms with Crippen LogP contribution in [0.3, 0.4) is 0 Å². The SMILES string of the molecule is CCN(CC)n1ccc2scc(N)c21. The Kier molecular flexibility index (Phi) is 2.37. The summed E-state index contributed by atoms with van der Waals surface area (Å²) < 4.78 is 3.41. The molecule has 4 heteroatoms. The maximum atomic E-state index is 5.93. The van der Waals surface area contributed by atoms with Crippen molar-refractivity contribution in [2.75, 3.05) is 23.8 Å². The van der Waals surface area contributed by atoms with Gasteiger partial charge in [0.2, 0.25) is 0 Å². The average molecular weight is 209 g/mol. The van der Waals surface area contributed by atoms with Gasteiger partial charge in [0, 0.05) is 24.7 Å². The number of aromatic nitrogens is 1. The number of rotatable bonds is 3. The van der Waals surface area contributed by atoms with Crippen molar-refractivity contribution >= 4 is 27.2 Å². The number of nitrogens with zero attached hydrogens (tertiary/aromatic N) is 2. The first-order chi connectivity index (χ1) is 6.77. The Morgan fingerprint density at radius 3 is 2.79 bits per heavy atom. The molecule has 3 nitrogen and oxygen atoms in total. The van der Waals surface area contributed by atoms with E-state index in [9.17, 15) is 0 Å². The molecule has 0 saturated carbocycles. The number of hydrogen-bond donors (Lipinski definition) is 1. The Bertz CT molecular complexity index is 425. The van der Waals surface area contributed by atoms with Crippen molar-refractivity contribution in [2.24, 2.45) is 0 Å². The molecular weight excluding hydrogens is 194 g/mol. The number of anilines is 1. The Morgan fingerprint density at radius 1 is 1.43 bits per heavy atom. The van der Waals surface area contributed by atoms with Gasteiger partial charge in [-0.1, -0.05) is 0 Å². The van der Waals surface area contributed by atoms with Gasteiger partial charge in [0.25, 0.3) is 0 Å². The molecule has 0 aliphatic carbocycles. The molecule has 14 heavy (non-hydrogen) atoms. The van der Waals surface area contributed by atoms with Crippen molar-refractivity contribution in [2.45, 2.75) is 13.8 Å². The lowest BCUT2D eigenvalue weighted by molar-refractivity contribution is 0.640. The van der Waals surface area contributed by atoms with Gasteiger partial charge in [-0.05, 0) is 19.9 Å². The highest BCUT2D eigenvalue weighted by molar-refractivity contribution is 7.17. The lowest BCUT2D eigenvalue weighted by Crippen LogP contribution is -2.33. The lowest BCUT2D eigenvalue weighted by Gasteiger charge is -2.23. The number of hydrogen-bond acceptors (Lipinski definition) is 3. The highest BCUT2D eigenvalue weighted by atomic mass is 32.1. The van der Waals surface area contributed by atoms with Gasteiger partial charge in [-0.15, -0.1) is 11.3 Å². The summed E-state index contributed by atoms with van der Waals surface area (Å²) in [5, 5.41) is 4.26. The fraction of sp³-hybridized carbons (Fsp3) is 0.400. The Hall–Kier alpha value is -1.16. The first-order valence-electron chi connectivity index (χ1n) is 4.87. The van der Waals surface area contributed by atoms with Crippen LogP contribution in [-0.2, 0) is 0 Å². The van der Waals surface area contributed by atoms with Gasteiger partial charge < -0.3 is 10.7 Å². The van der Waals surface area contributed by atoms with Gasteiger partial charge in [-0.3, -0.25) is 4.68 Å². The molecule has 2 aromatic heterocycles. The molecule has 0 atom stereocenters.